The topological polar surface area (TPSA) is 79.4 Å². The molecule has 1 fully saturated rings. The molecular formula is C16H21N3O3S3. The Bertz CT molecular complexity index is 843. The number of rotatable bonds is 5. The van der Waals surface area contributed by atoms with Crippen LogP contribution < -0.4 is 4.72 Å². The first-order valence-electron chi connectivity index (χ1n) is 8.11. The van der Waals surface area contributed by atoms with E-state index in [1.54, 1.807) is 16.2 Å². The third kappa shape index (κ3) is 4.46. The summed E-state index contributed by atoms with van der Waals surface area (Å²) in [6.07, 6.45) is 3.89. The zero-order chi connectivity index (χ0) is 18.0. The van der Waals surface area contributed by atoms with Crippen LogP contribution in [0.25, 0.3) is 10.6 Å². The summed E-state index contributed by atoms with van der Waals surface area (Å²) < 4.78 is 25.3. The number of thiazole rings is 1. The lowest BCUT2D eigenvalue weighted by atomic mass is 10.0. The number of hydrogen-bond acceptors (Lipinski definition) is 6. The minimum atomic E-state index is -3.27. The Balaban J connectivity index is 1.80. The Hall–Kier alpha value is -1.29. The predicted octanol–water partition coefficient (Wildman–Crippen LogP) is 2.72. The molecule has 0 aromatic carbocycles. The van der Waals surface area contributed by atoms with Crippen LogP contribution in [-0.4, -0.2) is 49.6 Å². The second-order valence-electron chi connectivity index (χ2n) is 6.21. The van der Waals surface area contributed by atoms with Gasteiger partial charge < -0.3 is 4.90 Å². The lowest BCUT2D eigenvalue weighted by Gasteiger charge is -2.35. The largest absolute Gasteiger partial charge is 0.334 e. The fraction of sp³-hybridized carbons (Fsp3) is 0.500. The molecule has 1 aliphatic heterocycles. The van der Waals surface area contributed by atoms with Crippen LogP contribution in [0, 0.1) is 6.92 Å². The number of amides is 1. The minimum Gasteiger partial charge on any atom is -0.334 e. The van der Waals surface area contributed by atoms with Gasteiger partial charge in [-0.05, 0) is 37.6 Å². The number of carbonyl (C=O) groups is 1. The highest BCUT2D eigenvalue weighted by Crippen LogP contribution is 2.31. The molecule has 3 rings (SSSR count). The Morgan fingerprint density at radius 2 is 2.24 bits per heavy atom. The number of thiophene rings is 1. The standard InChI is InChI=1S/C16H21N3O3S3/c1-11-14(24-15(18-11)12-6-8-23-10-12)16(20)19-7-4-3-5-13(19)9-17-25(2,21)22/h6,8,10,13,17H,3-5,7,9H2,1-2H3. The van der Waals surface area contributed by atoms with Crippen LogP contribution in [0.15, 0.2) is 16.8 Å². The van der Waals surface area contributed by atoms with Crippen molar-refractivity contribution >= 4 is 38.6 Å². The monoisotopic (exact) mass is 399 g/mol. The van der Waals surface area contributed by atoms with E-state index < -0.39 is 10.0 Å². The van der Waals surface area contributed by atoms with Crippen molar-refractivity contribution in [2.24, 2.45) is 0 Å². The zero-order valence-corrected chi connectivity index (χ0v) is 16.6. The van der Waals surface area contributed by atoms with Gasteiger partial charge in [-0.15, -0.1) is 11.3 Å². The molecule has 9 heteroatoms. The number of carbonyl (C=O) groups excluding carboxylic acids is 1. The summed E-state index contributed by atoms with van der Waals surface area (Å²) in [7, 11) is -3.27. The van der Waals surface area contributed by atoms with Gasteiger partial charge in [0.25, 0.3) is 5.91 Å². The lowest BCUT2D eigenvalue weighted by Crippen LogP contribution is -2.49. The normalized spacial score (nSPS) is 18.5. The second-order valence-corrected chi connectivity index (χ2v) is 9.83. The highest BCUT2D eigenvalue weighted by Gasteiger charge is 2.30. The average Bonchev–Trinajstić information content (AvgIpc) is 3.21. The second kappa shape index (κ2) is 7.53. The number of likely N-dealkylation sites (tertiary alicyclic amines) is 1. The van der Waals surface area contributed by atoms with E-state index in [9.17, 15) is 13.2 Å². The van der Waals surface area contributed by atoms with Gasteiger partial charge in [-0.3, -0.25) is 4.79 Å². The highest BCUT2D eigenvalue weighted by atomic mass is 32.2. The maximum atomic E-state index is 13.1. The molecule has 0 saturated carbocycles. The number of nitrogens with one attached hydrogen (secondary N) is 1. The van der Waals surface area contributed by atoms with Crippen LogP contribution in [0.2, 0.25) is 0 Å². The summed E-state index contributed by atoms with van der Waals surface area (Å²) in [5.41, 5.74) is 1.77. The van der Waals surface area contributed by atoms with Gasteiger partial charge in [0.05, 0.1) is 11.9 Å². The van der Waals surface area contributed by atoms with Crippen LogP contribution in [0.4, 0.5) is 0 Å². The Morgan fingerprint density at radius 3 is 2.92 bits per heavy atom. The first-order valence-corrected chi connectivity index (χ1v) is 11.8. The molecule has 0 aliphatic carbocycles. The lowest BCUT2D eigenvalue weighted by molar-refractivity contribution is 0.0623. The Morgan fingerprint density at radius 1 is 1.44 bits per heavy atom. The van der Waals surface area contributed by atoms with E-state index in [0.29, 0.717) is 11.4 Å². The molecule has 136 valence electrons. The van der Waals surface area contributed by atoms with Crippen LogP contribution in [0.1, 0.15) is 34.6 Å². The molecule has 2 aromatic heterocycles. The van der Waals surface area contributed by atoms with Crippen molar-refractivity contribution in [3.63, 3.8) is 0 Å². The van der Waals surface area contributed by atoms with Crippen molar-refractivity contribution in [3.8, 4) is 10.6 Å². The molecule has 2 aromatic rings. The molecule has 6 nitrogen and oxygen atoms in total. The van der Waals surface area contributed by atoms with E-state index in [4.69, 9.17) is 0 Å². The van der Waals surface area contributed by atoms with Crippen LogP contribution in [-0.2, 0) is 10.0 Å². The number of nitrogens with zero attached hydrogens (tertiary/aromatic N) is 2. The number of aromatic nitrogens is 1. The molecule has 1 unspecified atom stereocenters. The van der Waals surface area contributed by atoms with Gasteiger partial charge in [-0.1, -0.05) is 0 Å². The predicted molar refractivity (Wildman–Crippen MR) is 102 cm³/mol. The third-order valence-corrected chi connectivity index (χ3v) is 6.80. The van der Waals surface area contributed by atoms with Crippen molar-refractivity contribution < 1.29 is 13.2 Å². The van der Waals surface area contributed by atoms with Gasteiger partial charge in [0, 0.05) is 30.1 Å². The van der Waals surface area contributed by atoms with Crippen molar-refractivity contribution in [3.05, 3.63) is 27.4 Å². The third-order valence-electron chi connectivity index (χ3n) is 4.23. The van der Waals surface area contributed by atoms with Crippen molar-refractivity contribution in [1.29, 1.82) is 0 Å². The van der Waals surface area contributed by atoms with Gasteiger partial charge >= 0.3 is 0 Å². The summed E-state index contributed by atoms with van der Waals surface area (Å²) in [5.74, 6) is -0.0449. The molecule has 1 amide bonds. The Labute approximate surface area is 155 Å². The van der Waals surface area contributed by atoms with Gasteiger partial charge in [-0.25, -0.2) is 18.1 Å². The summed E-state index contributed by atoms with van der Waals surface area (Å²) in [6, 6.07) is 1.89. The number of aryl methyl sites for hydroxylation is 1. The maximum Gasteiger partial charge on any atom is 0.266 e. The number of hydrogen-bond donors (Lipinski definition) is 1. The first-order chi connectivity index (χ1) is 11.8. The molecule has 1 aliphatic rings. The maximum absolute atomic E-state index is 13.1. The minimum absolute atomic E-state index is 0.0449. The van der Waals surface area contributed by atoms with Gasteiger partial charge in [0.15, 0.2) is 0 Å². The van der Waals surface area contributed by atoms with E-state index >= 15 is 0 Å². The molecule has 25 heavy (non-hydrogen) atoms. The van der Waals surface area contributed by atoms with E-state index in [-0.39, 0.29) is 18.5 Å². The molecule has 0 spiro atoms. The summed E-state index contributed by atoms with van der Waals surface area (Å²) in [4.78, 5) is 20.1. The summed E-state index contributed by atoms with van der Waals surface area (Å²) in [5, 5.41) is 4.86. The SMILES string of the molecule is Cc1nc(-c2ccsc2)sc1C(=O)N1CCCCC1CNS(C)(=O)=O. The van der Waals surface area contributed by atoms with Crippen molar-refractivity contribution in [2.45, 2.75) is 32.2 Å². The van der Waals surface area contributed by atoms with E-state index in [0.717, 1.165) is 41.8 Å². The summed E-state index contributed by atoms with van der Waals surface area (Å²) in [6.45, 7) is 2.77. The van der Waals surface area contributed by atoms with Gasteiger partial charge in [0.1, 0.15) is 9.88 Å². The molecular weight excluding hydrogens is 378 g/mol. The first kappa shape index (κ1) is 18.5. The molecule has 1 saturated heterocycles. The summed E-state index contributed by atoms with van der Waals surface area (Å²) >= 11 is 3.01. The molecule has 0 bridgehead atoms. The number of piperidine rings is 1. The average molecular weight is 400 g/mol. The fourth-order valence-corrected chi connectivity index (χ4v) is 5.19. The Kier molecular flexibility index (Phi) is 5.57. The van der Waals surface area contributed by atoms with Crippen LogP contribution in [0.5, 0.6) is 0 Å². The number of sulfonamides is 1. The van der Waals surface area contributed by atoms with Crippen LogP contribution >= 0.6 is 22.7 Å². The fourth-order valence-electron chi connectivity index (χ4n) is 2.96. The van der Waals surface area contributed by atoms with Crippen molar-refractivity contribution in [2.75, 3.05) is 19.3 Å². The highest BCUT2D eigenvalue weighted by molar-refractivity contribution is 7.88. The smallest absolute Gasteiger partial charge is 0.266 e. The van der Waals surface area contributed by atoms with E-state index in [1.807, 2.05) is 23.8 Å². The molecule has 0 radical (unpaired) electrons. The molecule has 1 atom stereocenters. The van der Waals surface area contributed by atoms with Crippen molar-refractivity contribution in [1.82, 2.24) is 14.6 Å². The van der Waals surface area contributed by atoms with Gasteiger partial charge in [0.2, 0.25) is 10.0 Å². The van der Waals surface area contributed by atoms with E-state index in [1.165, 1.54) is 11.3 Å². The quantitative estimate of drug-likeness (QED) is 0.838. The molecule has 3 heterocycles. The molecule has 1 N–H and O–H groups in total. The van der Waals surface area contributed by atoms with Gasteiger partial charge in [-0.2, -0.15) is 11.3 Å². The zero-order valence-electron chi connectivity index (χ0n) is 14.2. The van der Waals surface area contributed by atoms with Crippen LogP contribution in [0.3, 0.4) is 0 Å². The van der Waals surface area contributed by atoms with E-state index in [2.05, 4.69) is 9.71 Å².